The Kier molecular flexibility index (Phi) is 4.78. The minimum Gasteiger partial charge on any atom is -0.298 e. The van der Waals surface area contributed by atoms with Gasteiger partial charge in [-0.05, 0) is 41.6 Å². The number of hydrogen-bond acceptors (Lipinski definition) is 5. The van der Waals surface area contributed by atoms with Gasteiger partial charge in [-0.2, -0.15) is 0 Å². The molecular formula is C18H16N4S. The van der Waals surface area contributed by atoms with E-state index < -0.39 is 0 Å². The van der Waals surface area contributed by atoms with Crippen LogP contribution in [0.1, 0.15) is 11.1 Å². The summed E-state index contributed by atoms with van der Waals surface area (Å²) in [5.74, 6) is 0.629. The van der Waals surface area contributed by atoms with E-state index in [0.29, 0.717) is 11.6 Å². The van der Waals surface area contributed by atoms with E-state index in [-0.39, 0.29) is 0 Å². The highest BCUT2D eigenvalue weighted by Crippen LogP contribution is 2.27. The van der Waals surface area contributed by atoms with E-state index in [1.165, 1.54) is 0 Å². The van der Waals surface area contributed by atoms with Crippen molar-refractivity contribution in [1.29, 1.82) is 5.41 Å². The third-order valence-electron chi connectivity index (χ3n) is 3.51. The fourth-order valence-electron chi connectivity index (χ4n) is 2.42. The van der Waals surface area contributed by atoms with Gasteiger partial charge in [0.15, 0.2) is 0 Å². The third kappa shape index (κ3) is 3.29. The Morgan fingerprint density at radius 2 is 1.43 bits per heavy atom. The van der Waals surface area contributed by atoms with Crippen molar-refractivity contribution in [2.24, 2.45) is 4.99 Å². The zero-order valence-corrected chi connectivity index (χ0v) is 13.5. The van der Waals surface area contributed by atoms with Crippen molar-refractivity contribution in [3.63, 3.8) is 0 Å². The van der Waals surface area contributed by atoms with Crippen LogP contribution in [0.25, 0.3) is 11.1 Å². The summed E-state index contributed by atoms with van der Waals surface area (Å²) in [4.78, 5) is 12.7. The minimum atomic E-state index is 0.444. The van der Waals surface area contributed by atoms with Gasteiger partial charge in [-0.3, -0.25) is 20.4 Å². The van der Waals surface area contributed by atoms with Gasteiger partial charge in [-0.25, -0.2) is 0 Å². The molecule has 2 aromatic heterocycles. The number of aliphatic imine (C=N–C) groups is 1. The Bertz CT molecular complexity index is 792. The van der Waals surface area contributed by atoms with Crippen molar-refractivity contribution >= 4 is 34.3 Å². The maximum Gasteiger partial charge on any atom is 0.0918 e. The Morgan fingerprint density at radius 1 is 0.913 bits per heavy atom. The molecule has 1 aliphatic carbocycles. The highest BCUT2D eigenvalue weighted by Gasteiger charge is 2.22. The van der Waals surface area contributed by atoms with Crippen LogP contribution in [0.3, 0.4) is 0 Å². The maximum absolute atomic E-state index is 8.61. The smallest absolute Gasteiger partial charge is 0.0918 e. The van der Waals surface area contributed by atoms with Crippen LogP contribution >= 0.6 is 11.8 Å². The molecule has 0 aliphatic heterocycles. The van der Waals surface area contributed by atoms with Crippen molar-refractivity contribution in [3.8, 4) is 0 Å². The largest absolute Gasteiger partial charge is 0.298 e. The molecule has 0 fully saturated rings. The molecule has 2 aromatic rings. The molecule has 0 atom stereocenters. The SMILES string of the molecule is CSCN=C1C(=N)C(c2ccncc2)=CC=C1c1ccncc1. The Hall–Kier alpha value is -2.53. The number of hydrogen-bond donors (Lipinski definition) is 1. The third-order valence-corrected chi connectivity index (χ3v) is 3.90. The first-order valence-electron chi connectivity index (χ1n) is 7.17. The highest BCUT2D eigenvalue weighted by atomic mass is 32.2. The van der Waals surface area contributed by atoms with Gasteiger partial charge in [-0.15, -0.1) is 11.8 Å². The molecule has 5 heteroatoms. The van der Waals surface area contributed by atoms with Crippen LogP contribution in [0.2, 0.25) is 0 Å². The van der Waals surface area contributed by atoms with E-state index in [1.54, 1.807) is 36.5 Å². The molecule has 0 radical (unpaired) electrons. The van der Waals surface area contributed by atoms with E-state index in [9.17, 15) is 0 Å². The lowest BCUT2D eigenvalue weighted by Gasteiger charge is -2.19. The minimum absolute atomic E-state index is 0.444. The Labute approximate surface area is 139 Å². The lowest BCUT2D eigenvalue weighted by atomic mass is 9.87. The van der Waals surface area contributed by atoms with E-state index in [4.69, 9.17) is 5.41 Å². The fraction of sp³-hybridized carbons (Fsp3) is 0.111. The van der Waals surface area contributed by atoms with Crippen LogP contribution in [-0.2, 0) is 0 Å². The topological polar surface area (TPSA) is 62.0 Å². The Balaban J connectivity index is 2.09. The standard InChI is InChI=1S/C18H16N4S/c1-23-12-22-18-16(14-6-10-21-11-7-14)3-2-15(17(18)19)13-4-8-20-9-5-13/h2-11,19H,12H2,1H3. The Morgan fingerprint density at radius 3 is 2.00 bits per heavy atom. The number of allylic oxidation sites excluding steroid dienone is 4. The molecule has 0 spiro atoms. The van der Waals surface area contributed by atoms with Crippen LogP contribution < -0.4 is 0 Å². The van der Waals surface area contributed by atoms with Crippen LogP contribution in [0, 0.1) is 5.41 Å². The van der Waals surface area contributed by atoms with Gasteiger partial charge >= 0.3 is 0 Å². The van der Waals surface area contributed by atoms with Gasteiger partial charge in [0, 0.05) is 35.9 Å². The molecule has 3 rings (SSSR count). The number of nitrogens with zero attached hydrogens (tertiary/aromatic N) is 3. The summed E-state index contributed by atoms with van der Waals surface area (Å²) in [5.41, 5.74) is 5.00. The molecule has 0 bridgehead atoms. The number of rotatable bonds is 4. The van der Waals surface area contributed by atoms with E-state index in [0.717, 1.165) is 28.0 Å². The molecule has 0 saturated heterocycles. The van der Waals surface area contributed by atoms with E-state index in [2.05, 4.69) is 15.0 Å². The normalized spacial score (nSPS) is 16.2. The molecule has 0 amide bonds. The maximum atomic E-state index is 8.61. The average Bonchev–Trinajstić information content (AvgIpc) is 2.62. The van der Waals surface area contributed by atoms with Gasteiger partial charge in [-0.1, -0.05) is 12.2 Å². The summed E-state index contributed by atoms with van der Waals surface area (Å²) in [6, 6.07) is 7.72. The summed E-state index contributed by atoms with van der Waals surface area (Å²) in [6.45, 7) is 0. The fourth-order valence-corrected chi connectivity index (χ4v) is 2.68. The molecule has 0 unspecified atom stereocenters. The van der Waals surface area contributed by atoms with E-state index >= 15 is 0 Å². The summed E-state index contributed by atoms with van der Waals surface area (Å²) in [5, 5.41) is 8.61. The monoisotopic (exact) mass is 320 g/mol. The van der Waals surface area contributed by atoms with Crippen molar-refractivity contribution in [2.45, 2.75) is 0 Å². The first-order valence-corrected chi connectivity index (χ1v) is 8.56. The van der Waals surface area contributed by atoms with Crippen LogP contribution in [-0.4, -0.2) is 33.5 Å². The second kappa shape index (κ2) is 7.15. The molecule has 0 aromatic carbocycles. The molecule has 114 valence electrons. The molecule has 1 N–H and O–H groups in total. The quantitative estimate of drug-likeness (QED) is 0.873. The first-order chi connectivity index (χ1) is 11.3. The second-order valence-electron chi connectivity index (χ2n) is 4.93. The van der Waals surface area contributed by atoms with Gasteiger partial charge < -0.3 is 0 Å². The second-order valence-corrected chi connectivity index (χ2v) is 5.77. The molecule has 4 nitrogen and oxygen atoms in total. The average molecular weight is 320 g/mol. The first kappa shape index (κ1) is 15.4. The van der Waals surface area contributed by atoms with Gasteiger partial charge in [0.25, 0.3) is 0 Å². The van der Waals surface area contributed by atoms with Crippen LogP contribution in [0.15, 0.2) is 66.2 Å². The lowest BCUT2D eigenvalue weighted by molar-refractivity contribution is 1.31. The summed E-state index contributed by atoms with van der Waals surface area (Å²) >= 11 is 1.64. The van der Waals surface area contributed by atoms with E-state index in [1.807, 2.05) is 42.7 Å². The lowest BCUT2D eigenvalue weighted by Crippen LogP contribution is -2.20. The number of nitrogens with one attached hydrogen (secondary N) is 1. The molecule has 23 heavy (non-hydrogen) atoms. The van der Waals surface area contributed by atoms with Crippen LogP contribution in [0.5, 0.6) is 0 Å². The number of aromatic nitrogens is 2. The zero-order chi connectivity index (χ0) is 16.1. The molecule has 1 aliphatic rings. The predicted octanol–water partition coefficient (Wildman–Crippen LogP) is 3.74. The molecular weight excluding hydrogens is 304 g/mol. The predicted molar refractivity (Wildman–Crippen MR) is 98.0 cm³/mol. The summed E-state index contributed by atoms with van der Waals surface area (Å²) in [6.07, 6.45) is 13.0. The molecule has 2 heterocycles. The number of thioether (sulfide) groups is 1. The van der Waals surface area contributed by atoms with Crippen molar-refractivity contribution in [1.82, 2.24) is 9.97 Å². The highest BCUT2D eigenvalue weighted by molar-refractivity contribution is 7.98. The van der Waals surface area contributed by atoms with Crippen molar-refractivity contribution < 1.29 is 0 Å². The zero-order valence-electron chi connectivity index (χ0n) is 12.7. The van der Waals surface area contributed by atoms with Crippen LogP contribution in [0.4, 0.5) is 0 Å². The van der Waals surface area contributed by atoms with Gasteiger partial charge in [0.2, 0.25) is 0 Å². The van der Waals surface area contributed by atoms with Crippen molar-refractivity contribution in [2.75, 3.05) is 12.1 Å². The summed E-state index contributed by atoms with van der Waals surface area (Å²) in [7, 11) is 0. The number of pyridine rings is 2. The van der Waals surface area contributed by atoms with Gasteiger partial charge in [0.05, 0.1) is 17.3 Å². The van der Waals surface area contributed by atoms with Gasteiger partial charge in [0.1, 0.15) is 0 Å². The summed E-state index contributed by atoms with van der Waals surface area (Å²) < 4.78 is 0. The molecule has 0 saturated carbocycles. The van der Waals surface area contributed by atoms with Crippen molar-refractivity contribution in [3.05, 3.63) is 72.3 Å².